The van der Waals surface area contributed by atoms with Gasteiger partial charge in [-0.3, -0.25) is 4.79 Å². The summed E-state index contributed by atoms with van der Waals surface area (Å²) in [6, 6.07) is 7.70. The summed E-state index contributed by atoms with van der Waals surface area (Å²) in [6.07, 6.45) is 3.96. The first-order valence-electron chi connectivity index (χ1n) is 5.71. The molecule has 2 aromatic rings. The van der Waals surface area contributed by atoms with E-state index in [-0.39, 0.29) is 5.91 Å². The highest BCUT2D eigenvalue weighted by Crippen LogP contribution is 2.16. The molecule has 0 unspecified atom stereocenters. The second-order valence-electron chi connectivity index (χ2n) is 4.33. The van der Waals surface area contributed by atoms with E-state index >= 15 is 0 Å². The first-order valence-corrected chi connectivity index (χ1v) is 6.51. The number of benzene rings is 1. The SMILES string of the molecule is Cc1ccc(Br)cc1C(=O)NCc1ccn(C)c1. The van der Waals surface area contributed by atoms with Crippen LogP contribution < -0.4 is 5.32 Å². The lowest BCUT2D eigenvalue weighted by Crippen LogP contribution is -2.23. The van der Waals surface area contributed by atoms with Gasteiger partial charge in [-0.2, -0.15) is 0 Å². The van der Waals surface area contributed by atoms with E-state index in [1.54, 1.807) is 0 Å². The summed E-state index contributed by atoms with van der Waals surface area (Å²) in [5, 5.41) is 2.92. The van der Waals surface area contributed by atoms with Crippen LogP contribution in [0.1, 0.15) is 21.5 Å². The van der Waals surface area contributed by atoms with Gasteiger partial charge in [0, 0.05) is 36.0 Å². The molecule has 0 fully saturated rings. The first-order chi connectivity index (χ1) is 8.56. The number of halogens is 1. The van der Waals surface area contributed by atoms with Crippen molar-refractivity contribution in [3.8, 4) is 0 Å². The Bertz CT molecular complexity index is 575. The van der Waals surface area contributed by atoms with Crippen molar-refractivity contribution >= 4 is 21.8 Å². The molecule has 0 aliphatic heterocycles. The van der Waals surface area contributed by atoms with Crippen molar-refractivity contribution in [2.75, 3.05) is 0 Å². The van der Waals surface area contributed by atoms with Crippen LogP contribution in [-0.4, -0.2) is 10.5 Å². The van der Waals surface area contributed by atoms with Crippen LogP contribution >= 0.6 is 15.9 Å². The van der Waals surface area contributed by atoms with Gasteiger partial charge in [0.1, 0.15) is 0 Å². The second kappa shape index (κ2) is 5.40. The minimum Gasteiger partial charge on any atom is -0.357 e. The lowest BCUT2D eigenvalue weighted by atomic mass is 10.1. The van der Waals surface area contributed by atoms with Crippen molar-refractivity contribution in [2.45, 2.75) is 13.5 Å². The normalized spacial score (nSPS) is 10.4. The maximum atomic E-state index is 12.1. The van der Waals surface area contributed by atoms with Crippen LogP contribution in [0.3, 0.4) is 0 Å². The number of nitrogens with one attached hydrogen (secondary N) is 1. The minimum absolute atomic E-state index is 0.0438. The fraction of sp³-hybridized carbons (Fsp3) is 0.214. The van der Waals surface area contributed by atoms with Crippen molar-refractivity contribution in [3.63, 3.8) is 0 Å². The third kappa shape index (κ3) is 3.01. The molecular weight excluding hydrogens is 292 g/mol. The predicted molar refractivity (Wildman–Crippen MR) is 75.5 cm³/mol. The summed E-state index contributed by atoms with van der Waals surface area (Å²) in [7, 11) is 1.96. The van der Waals surface area contributed by atoms with Gasteiger partial charge in [-0.15, -0.1) is 0 Å². The maximum absolute atomic E-state index is 12.1. The van der Waals surface area contributed by atoms with Gasteiger partial charge in [-0.1, -0.05) is 22.0 Å². The van der Waals surface area contributed by atoms with Gasteiger partial charge < -0.3 is 9.88 Å². The Kier molecular flexibility index (Phi) is 3.87. The lowest BCUT2D eigenvalue weighted by molar-refractivity contribution is 0.0950. The molecular formula is C14H15BrN2O. The average Bonchev–Trinajstić information content (AvgIpc) is 2.75. The molecule has 1 aromatic carbocycles. The molecule has 1 amide bonds. The van der Waals surface area contributed by atoms with Crippen LogP contribution in [0, 0.1) is 6.92 Å². The topological polar surface area (TPSA) is 34.0 Å². The second-order valence-corrected chi connectivity index (χ2v) is 5.24. The Morgan fingerprint density at radius 1 is 1.39 bits per heavy atom. The highest BCUT2D eigenvalue weighted by atomic mass is 79.9. The van der Waals surface area contributed by atoms with Crippen LogP contribution in [0.25, 0.3) is 0 Å². The number of aryl methyl sites for hydroxylation is 2. The molecule has 1 heterocycles. The summed E-state index contributed by atoms with van der Waals surface area (Å²) in [4.78, 5) is 12.1. The van der Waals surface area contributed by atoms with Crippen LogP contribution in [0.4, 0.5) is 0 Å². The predicted octanol–water partition coefficient (Wildman–Crippen LogP) is 3.03. The molecule has 1 aromatic heterocycles. The van der Waals surface area contributed by atoms with Gasteiger partial charge >= 0.3 is 0 Å². The first kappa shape index (κ1) is 12.9. The van der Waals surface area contributed by atoms with E-state index in [0.29, 0.717) is 12.1 Å². The van der Waals surface area contributed by atoms with Crippen molar-refractivity contribution in [3.05, 3.63) is 57.8 Å². The van der Waals surface area contributed by atoms with E-state index in [1.807, 2.05) is 55.2 Å². The van der Waals surface area contributed by atoms with Crippen molar-refractivity contribution < 1.29 is 4.79 Å². The molecule has 18 heavy (non-hydrogen) atoms. The number of amides is 1. The van der Waals surface area contributed by atoms with Gasteiger partial charge in [-0.25, -0.2) is 0 Å². The molecule has 2 rings (SSSR count). The van der Waals surface area contributed by atoms with Gasteiger partial charge in [0.2, 0.25) is 0 Å². The Morgan fingerprint density at radius 3 is 2.83 bits per heavy atom. The quantitative estimate of drug-likeness (QED) is 0.929. The van der Waals surface area contributed by atoms with Crippen molar-refractivity contribution in [1.29, 1.82) is 0 Å². The zero-order chi connectivity index (χ0) is 13.1. The monoisotopic (exact) mass is 306 g/mol. The van der Waals surface area contributed by atoms with Crippen LogP contribution in [0.5, 0.6) is 0 Å². The molecule has 0 radical (unpaired) electrons. The standard InChI is InChI=1S/C14H15BrN2O/c1-10-3-4-12(15)7-13(10)14(18)16-8-11-5-6-17(2)9-11/h3-7,9H,8H2,1-2H3,(H,16,18). The molecule has 0 saturated heterocycles. The molecule has 3 nitrogen and oxygen atoms in total. The van der Waals surface area contributed by atoms with Gasteiger partial charge in [0.25, 0.3) is 5.91 Å². The number of carbonyl (C=O) groups excluding carboxylic acids is 1. The molecule has 1 N–H and O–H groups in total. The molecule has 94 valence electrons. The van der Waals surface area contributed by atoms with Crippen LogP contribution in [0.15, 0.2) is 41.1 Å². The van der Waals surface area contributed by atoms with Gasteiger partial charge in [0.15, 0.2) is 0 Å². The lowest BCUT2D eigenvalue weighted by Gasteiger charge is -2.07. The van der Waals surface area contributed by atoms with E-state index in [9.17, 15) is 4.79 Å². The number of rotatable bonds is 3. The largest absolute Gasteiger partial charge is 0.357 e. The fourth-order valence-corrected chi connectivity index (χ4v) is 2.14. The summed E-state index contributed by atoms with van der Waals surface area (Å²) in [5.74, 6) is -0.0438. The maximum Gasteiger partial charge on any atom is 0.251 e. The molecule has 0 atom stereocenters. The van der Waals surface area contributed by atoms with Crippen LogP contribution in [0.2, 0.25) is 0 Å². The number of hydrogen-bond donors (Lipinski definition) is 1. The van der Waals surface area contributed by atoms with Crippen molar-refractivity contribution in [2.24, 2.45) is 7.05 Å². The minimum atomic E-state index is -0.0438. The Balaban J connectivity index is 2.05. The number of carbonyl (C=O) groups is 1. The Labute approximate surface area is 115 Å². The molecule has 0 saturated carbocycles. The molecule has 0 bridgehead atoms. The van der Waals surface area contributed by atoms with Gasteiger partial charge in [0.05, 0.1) is 0 Å². The highest BCUT2D eigenvalue weighted by Gasteiger charge is 2.09. The molecule has 0 aliphatic rings. The smallest absolute Gasteiger partial charge is 0.251 e. The van der Waals surface area contributed by atoms with Crippen LogP contribution in [-0.2, 0) is 13.6 Å². The third-order valence-corrected chi connectivity index (χ3v) is 3.28. The number of nitrogens with zero attached hydrogens (tertiary/aromatic N) is 1. The summed E-state index contributed by atoms with van der Waals surface area (Å²) in [5.41, 5.74) is 2.78. The molecule has 0 aliphatic carbocycles. The zero-order valence-corrected chi connectivity index (χ0v) is 12.0. The van der Waals surface area contributed by atoms with E-state index in [4.69, 9.17) is 0 Å². The van der Waals surface area contributed by atoms with E-state index < -0.39 is 0 Å². The van der Waals surface area contributed by atoms with E-state index in [0.717, 1.165) is 15.6 Å². The van der Waals surface area contributed by atoms with Crippen molar-refractivity contribution in [1.82, 2.24) is 9.88 Å². The average molecular weight is 307 g/mol. The van der Waals surface area contributed by atoms with E-state index in [1.165, 1.54) is 0 Å². The third-order valence-electron chi connectivity index (χ3n) is 2.79. The molecule has 0 spiro atoms. The van der Waals surface area contributed by atoms with E-state index in [2.05, 4.69) is 21.2 Å². The Hall–Kier alpha value is -1.55. The summed E-state index contributed by atoms with van der Waals surface area (Å²) >= 11 is 3.38. The van der Waals surface area contributed by atoms with Gasteiger partial charge in [-0.05, 0) is 36.2 Å². The summed E-state index contributed by atoms with van der Waals surface area (Å²) < 4.78 is 2.88. The zero-order valence-electron chi connectivity index (χ0n) is 10.4. The Morgan fingerprint density at radius 2 is 2.17 bits per heavy atom. The number of aromatic nitrogens is 1. The molecule has 4 heteroatoms. The summed E-state index contributed by atoms with van der Waals surface area (Å²) in [6.45, 7) is 2.48. The highest BCUT2D eigenvalue weighted by molar-refractivity contribution is 9.10. The fourth-order valence-electron chi connectivity index (χ4n) is 1.78. The number of hydrogen-bond acceptors (Lipinski definition) is 1.